The van der Waals surface area contributed by atoms with Gasteiger partial charge in [0.05, 0.1) is 28.2 Å². The van der Waals surface area contributed by atoms with Crippen molar-refractivity contribution in [3.05, 3.63) is 90.1 Å². The van der Waals surface area contributed by atoms with Crippen molar-refractivity contribution < 1.29 is 23.1 Å². The molecule has 0 saturated carbocycles. The van der Waals surface area contributed by atoms with Crippen LogP contribution in [0.3, 0.4) is 0 Å². The van der Waals surface area contributed by atoms with Crippen LogP contribution in [-0.4, -0.2) is 28.5 Å². The normalized spacial score (nSPS) is 10.6. The fourth-order valence-corrected chi connectivity index (χ4v) is 2.98. The number of ether oxygens (including phenoxy) is 1. The zero-order chi connectivity index (χ0) is 21.8. The number of anilines is 1. The number of benzene rings is 2. The molecule has 4 rings (SSSR count). The second-order valence-corrected chi connectivity index (χ2v) is 6.54. The average Bonchev–Trinajstić information content (AvgIpc) is 2.79. The number of nitrogens with one attached hydrogen (secondary N) is 1. The molecule has 0 aliphatic rings. The number of fused-ring (bicyclic) bond motifs is 1. The smallest absolute Gasteiger partial charge is 0.339 e. The molecule has 0 atom stereocenters. The number of halogens is 2. The maximum absolute atomic E-state index is 13.7. The van der Waals surface area contributed by atoms with E-state index in [4.69, 9.17) is 4.74 Å². The number of esters is 1. The van der Waals surface area contributed by atoms with Crippen molar-refractivity contribution in [1.29, 1.82) is 0 Å². The molecule has 8 heteroatoms. The molecule has 4 aromatic rings. The number of para-hydroxylation sites is 1. The summed E-state index contributed by atoms with van der Waals surface area (Å²) in [7, 11) is 0. The standard InChI is InChI=1S/C23H15F2N3O3/c24-14-8-9-17(25)20(11-14)28-22(29)13-31-23(30)16-12-21(19-7-3-4-10-26-19)27-18-6-2-1-5-15(16)18/h1-12H,13H2,(H,28,29). The largest absolute Gasteiger partial charge is 0.452 e. The highest BCUT2D eigenvalue weighted by molar-refractivity contribution is 6.05. The minimum atomic E-state index is -0.804. The second kappa shape index (κ2) is 8.66. The van der Waals surface area contributed by atoms with E-state index in [1.54, 1.807) is 48.7 Å². The lowest BCUT2D eigenvalue weighted by Gasteiger charge is -2.10. The monoisotopic (exact) mass is 419 g/mol. The van der Waals surface area contributed by atoms with Crippen LogP contribution in [0.5, 0.6) is 0 Å². The number of amides is 1. The van der Waals surface area contributed by atoms with Crippen LogP contribution in [0.15, 0.2) is 72.9 Å². The summed E-state index contributed by atoms with van der Waals surface area (Å²) in [4.78, 5) is 33.6. The van der Waals surface area contributed by atoms with Gasteiger partial charge in [0.25, 0.3) is 5.91 Å². The highest BCUT2D eigenvalue weighted by atomic mass is 19.1. The Balaban J connectivity index is 1.56. The van der Waals surface area contributed by atoms with Gasteiger partial charge in [-0.3, -0.25) is 9.78 Å². The molecule has 0 aliphatic heterocycles. The number of hydrogen-bond acceptors (Lipinski definition) is 5. The van der Waals surface area contributed by atoms with E-state index in [9.17, 15) is 18.4 Å². The lowest BCUT2D eigenvalue weighted by molar-refractivity contribution is -0.119. The molecule has 6 nitrogen and oxygen atoms in total. The molecular formula is C23H15F2N3O3. The van der Waals surface area contributed by atoms with Crippen molar-refractivity contribution in [2.45, 2.75) is 0 Å². The van der Waals surface area contributed by atoms with Gasteiger partial charge in [-0.15, -0.1) is 0 Å². The van der Waals surface area contributed by atoms with E-state index in [-0.39, 0.29) is 11.3 Å². The number of nitrogens with zero attached hydrogens (tertiary/aromatic N) is 2. The van der Waals surface area contributed by atoms with Gasteiger partial charge in [0.1, 0.15) is 11.6 Å². The highest BCUT2D eigenvalue weighted by Gasteiger charge is 2.17. The maximum Gasteiger partial charge on any atom is 0.339 e. The first-order valence-corrected chi connectivity index (χ1v) is 9.24. The lowest BCUT2D eigenvalue weighted by Crippen LogP contribution is -2.21. The molecule has 0 fully saturated rings. The molecule has 154 valence electrons. The molecule has 31 heavy (non-hydrogen) atoms. The Morgan fingerprint density at radius 3 is 2.55 bits per heavy atom. The molecule has 2 aromatic heterocycles. The Morgan fingerprint density at radius 1 is 0.935 bits per heavy atom. The SMILES string of the molecule is O=C(COC(=O)c1cc(-c2ccccn2)nc2ccccc12)Nc1cc(F)ccc1F. The minimum absolute atomic E-state index is 0.205. The second-order valence-electron chi connectivity index (χ2n) is 6.54. The fourth-order valence-electron chi connectivity index (χ4n) is 2.98. The number of hydrogen-bond donors (Lipinski definition) is 1. The van der Waals surface area contributed by atoms with Crippen LogP contribution in [0.25, 0.3) is 22.3 Å². The van der Waals surface area contributed by atoms with E-state index >= 15 is 0 Å². The summed E-state index contributed by atoms with van der Waals surface area (Å²) >= 11 is 0. The third-order valence-electron chi connectivity index (χ3n) is 4.40. The molecule has 0 aliphatic carbocycles. The summed E-state index contributed by atoms with van der Waals surface area (Å²) in [6, 6.07) is 16.5. The summed E-state index contributed by atoms with van der Waals surface area (Å²) in [5.41, 5.74) is 1.46. The van der Waals surface area contributed by atoms with Crippen molar-refractivity contribution in [2.24, 2.45) is 0 Å². The lowest BCUT2D eigenvalue weighted by atomic mass is 10.1. The Kier molecular flexibility index (Phi) is 5.61. The quantitative estimate of drug-likeness (QED) is 0.486. The topological polar surface area (TPSA) is 81.2 Å². The molecule has 1 N–H and O–H groups in total. The first-order chi connectivity index (χ1) is 15.0. The van der Waals surface area contributed by atoms with Crippen LogP contribution in [0.2, 0.25) is 0 Å². The van der Waals surface area contributed by atoms with Crippen molar-refractivity contribution >= 4 is 28.5 Å². The summed E-state index contributed by atoms with van der Waals surface area (Å²) in [6.45, 7) is -0.676. The Hall–Kier alpha value is -4.20. The van der Waals surface area contributed by atoms with Gasteiger partial charge in [0.2, 0.25) is 0 Å². The average molecular weight is 419 g/mol. The Bertz CT molecular complexity index is 1280. The van der Waals surface area contributed by atoms with Crippen LogP contribution in [-0.2, 0) is 9.53 Å². The number of carbonyl (C=O) groups is 2. The molecule has 0 unspecified atom stereocenters. The van der Waals surface area contributed by atoms with Crippen LogP contribution in [0.1, 0.15) is 10.4 Å². The summed E-state index contributed by atoms with van der Waals surface area (Å²) in [5.74, 6) is -3.08. The predicted octanol–water partition coefficient (Wildman–Crippen LogP) is 4.37. The molecule has 0 spiro atoms. The summed E-state index contributed by atoms with van der Waals surface area (Å²) < 4.78 is 32.0. The first kappa shape index (κ1) is 20.1. The van der Waals surface area contributed by atoms with Crippen molar-refractivity contribution in [3.8, 4) is 11.4 Å². The molecule has 1 amide bonds. The Morgan fingerprint density at radius 2 is 1.74 bits per heavy atom. The molecule has 0 bridgehead atoms. The van der Waals surface area contributed by atoms with E-state index in [1.807, 2.05) is 0 Å². The zero-order valence-corrected chi connectivity index (χ0v) is 16.0. The van der Waals surface area contributed by atoms with Gasteiger partial charge in [-0.05, 0) is 36.4 Å². The van der Waals surface area contributed by atoms with Gasteiger partial charge in [0.15, 0.2) is 6.61 Å². The predicted molar refractivity (Wildman–Crippen MR) is 110 cm³/mol. The first-order valence-electron chi connectivity index (χ1n) is 9.24. The van der Waals surface area contributed by atoms with Crippen LogP contribution in [0, 0.1) is 11.6 Å². The third-order valence-corrected chi connectivity index (χ3v) is 4.40. The molecule has 0 radical (unpaired) electrons. The number of aromatic nitrogens is 2. The van der Waals surface area contributed by atoms with Gasteiger partial charge < -0.3 is 10.1 Å². The van der Waals surface area contributed by atoms with E-state index in [2.05, 4.69) is 15.3 Å². The summed E-state index contributed by atoms with van der Waals surface area (Å²) in [5, 5.41) is 2.72. The molecule has 0 saturated heterocycles. The van der Waals surface area contributed by atoms with Crippen LogP contribution >= 0.6 is 0 Å². The van der Waals surface area contributed by atoms with Crippen LogP contribution in [0.4, 0.5) is 14.5 Å². The van der Waals surface area contributed by atoms with Gasteiger partial charge in [-0.1, -0.05) is 24.3 Å². The van der Waals surface area contributed by atoms with E-state index in [0.717, 1.165) is 18.2 Å². The third kappa shape index (κ3) is 4.53. The fraction of sp³-hybridized carbons (Fsp3) is 0.0435. The zero-order valence-electron chi connectivity index (χ0n) is 16.0. The van der Waals surface area contributed by atoms with Crippen molar-refractivity contribution in [2.75, 3.05) is 11.9 Å². The minimum Gasteiger partial charge on any atom is -0.452 e. The van der Waals surface area contributed by atoms with Crippen molar-refractivity contribution in [3.63, 3.8) is 0 Å². The number of carbonyl (C=O) groups excluding carboxylic acids is 2. The van der Waals surface area contributed by atoms with Crippen LogP contribution < -0.4 is 5.32 Å². The van der Waals surface area contributed by atoms with Gasteiger partial charge in [-0.25, -0.2) is 18.6 Å². The summed E-state index contributed by atoms with van der Waals surface area (Å²) in [6.07, 6.45) is 1.61. The molecule has 2 aromatic carbocycles. The van der Waals surface area contributed by atoms with E-state index < -0.39 is 30.1 Å². The molecule has 2 heterocycles. The number of pyridine rings is 2. The van der Waals surface area contributed by atoms with E-state index in [0.29, 0.717) is 22.3 Å². The van der Waals surface area contributed by atoms with Gasteiger partial charge in [0, 0.05) is 17.6 Å². The highest BCUT2D eigenvalue weighted by Crippen LogP contribution is 2.24. The number of rotatable bonds is 5. The van der Waals surface area contributed by atoms with Gasteiger partial charge >= 0.3 is 5.97 Å². The maximum atomic E-state index is 13.7. The van der Waals surface area contributed by atoms with E-state index in [1.165, 1.54) is 6.07 Å². The van der Waals surface area contributed by atoms with Crippen molar-refractivity contribution in [1.82, 2.24) is 9.97 Å². The van der Waals surface area contributed by atoms with Gasteiger partial charge in [-0.2, -0.15) is 0 Å². The molecular weight excluding hydrogens is 404 g/mol. The Labute approximate surface area is 175 Å².